The van der Waals surface area contributed by atoms with Gasteiger partial charge in [-0.2, -0.15) is 0 Å². The van der Waals surface area contributed by atoms with Gasteiger partial charge in [-0.15, -0.1) is 0 Å². The minimum absolute atomic E-state index is 0.553. The van der Waals surface area contributed by atoms with Crippen LogP contribution in [-0.2, 0) is 0 Å². The van der Waals surface area contributed by atoms with Gasteiger partial charge in [0.1, 0.15) is 0 Å². The molecule has 0 aliphatic heterocycles. The van der Waals surface area contributed by atoms with Gasteiger partial charge in [0.2, 0.25) is 0 Å². The summed E-state index contributed by atoms with van der Waals surface area (Å²) in [6.45, 7) is 15.3. The maximum absolute atomic E-state index is 2.75. The zero-order valence-corrected chi connectivity index (χ0v) is 19.9. The van der Waals surface area contributed by atoms with Crippen molar-refractivity contribution in [2.45, 2.75) is 112 Å². The zero-order chi connectivity index (χ0) is 20.1. The SMILES string of the molecule is CC(C)CCCC(C)C1CCC2C3CC=C4C[C@H](C)CCC4(C)C3CCC12C. The van der Waals surface area contributed by atoms with Crippen LogP contribution in [0.15, 0.2) is 11.6 Å². The predicted molar refractivity (Wildman–Crippen MR) is 122 cm³/mol. The highest BCUT2D eigenvalue weighted by molar-refractivity contribution is 5.25. The summed E-state index contributed by atoms with van der Waals surface area (Å²) < 4.78 is 0. The molecule has 0 aromatic carbocycles. The first-order chi connectivity index (χ1) is 13.3. The highest BCUT2D eigenvalue weighted by atomic mass is 14.6. The lowest BCUT2D eigenvalue weighted by Crippen LogP contribution is -2.50. The lowest BCUT2D eigenvalue weighted by molar-refractivity contribution is -0.0523. The van der Waals surface area contributed by atoms with E-state index >= 15 is 0 Å². The van der Waals surface area contributed by atoms with Gasteiger partial charge in [0.05, 0.1) is 0 Å². The number of hydrogen-bond donors (Lipinski definition) is 0. The van der Waals surface area contributed by atoms with Crippen molar-refractivity contribution in [1.29, 1.82) is 0 Å². The second kappa shape index (κ2) is 7.77. The molecular formula is C28H48. The molecule has 3 fully saturated rings. The minimum Gasteiger partial charge on any atom is -0.0845 e. The van der Waals surface area contributed by atoms with Crippen molar-refractivity contribution in [2.24, 2.45) is 52.3 Å². The van der Waals surface area contributed by atoms with Crippen molar-refractivity contribution in [1.82, 2.24) is 0 Å². The Kier molecular flexibility index (Phi) is 5.83. The lowest BCUT2D eigenvalue weighted by Gasteiger charge is -2.58. The van der Waals surface area contributed by atoms with E-state index in [4.69, 9.17) is 0 Å². The molecule has 0 aromatic rings. The molecule has 0 heteroatoms. The molecule has 28 heavy (non-hydrogen) atoms. The van der Waals surface area contributed by atoms with Crippen LogP contribution in [0.1, 0.15) is 112 Å². The van der Waals surface area contributed by atoms with Crippen LogP contribution in [0.3, 0.4) is 0 Å². The maximum atomic E-state index is 2.75. The lowest BCUT2D eigenvalue weighted by atomic mass is 9.46. The molecule has 4 rings (SSSR count). The van der Waals surface area contributed by atoms with Gasteiger partial charge in [-0.25, -0.2) is 0 Å². The van der Waals surface area contributed by atoms with Crippen LogP contribution in [0.5, 0.6) is 0 Å². The van der Waals surface area contributed by atoms with Gasteiger partial charge in [0, 0.05) is 0 Å². The fourth-order valence-electron chi connectivity index (χ4n) is 8.87. The standard InChI is InChI=1S/C28H48/c1-19(2)8-7-9-21(4)24-12-13-25-23-11-10-22-18-20(3)14-16-27(22,5)26(23)15-17-28(24,25)6/h10,19-21,23-26H,7-9,11-18H2,1-6H3/t20-,21?,23?,24?,25?,26?,27?,28?/m1/s1. The molecule has 7 unspecified atom stereocenters. The summed E-state index contributed by atoms with van der Waals surface area (Å²) in [6, 6.07) is 0. The van der Waals surface area contributed by atoms with Gasteiger partial charge in [-0.05, 0) is 104 Å². The second-order valence-electron chi connectivity index (χ2n) is 12.6. The summed E-state index contributed by atoms with van der Waals surface area (Å²) in [6.07, 6.45) is 19.0. The molecule has 0 saturated heterocycles. The molecule has 0 amide bonds. The average molecular weight is 385 g/mol. The van der Waals surface area contributed by atoms with E-state index in [1.165, 1.54) is 70.6 Å². The van der Waals surface area contributed by atoms with Crippen molar-refractivity contribution in [3.63, 3.8) is 0 Å². The minimum atomic E-state index is 0.553. The molecule has 0 N–H and O–H groups in total. The van der Waals surface area contributed by atoms with E-state index in [2.05, 4.69) is 47.6 Å². The molecule has 0 bridgehead atoms. The smallest absolute Gasteiger partial charge is 0.00851 e. The van der Waals surface area contributed by atoms with Crippen LogP contribution in [0.2, 0.25) is 0 Å². The van der Waals surface area contributed by atoms with Gasteiger partial charge < -0.3 is 0 Å². The van der Waals surface area contributed by atoms with E-state index in [1.807, 2.05) is 5.57 Å². The Labute approximate surface area is 176 Å². The fraction of sp³-hybridized carbons (Fsp3) is 0.929. The normalized spacial score (nSPS) is 46.5. The summed E-state index contributed by atoms with van der Waals surface area (Å²) >= 11 is 0. The Hall–Kier alpha value is -0.260. The van der Waals surface area contributed by atoms with Crippen LogP contribution in [-0.4, -0.2) is 0 Å². The third-order valence-corrected chi connectivity index (χ3v) is 10.6. The summed E-state index contributed by atoms with van der Waals surface area (Å²) in [5.41, 5.74) is 3.06. The summed E-state index contributed by atoms with van der Waals surface area (Å²) in [5, 5.41) is 0. The highest BCUT2D eigenvalue weighted by Gasteiger charge is 2.58. The summed E-state index contributed by atoms with van der Waals surface area (Å²) in [7, 11) is 0. The highest BCUT2D eigenvalue weighted by Crippen LogP contribution is 2.67. The van der Waals surface area contributed by atoms with Crippen molar-refractivity contribution in [3.8, 4) is 0 Å². The van der Waals surface area contributed by atoms with Crippen LogP contribution in [0.4, 0.5) is 0 Å². The van der Waals surface area contributed by atoms with Crippen LogP contribution >= 0.6 is 0 Å². The van der Waals surface area contributed by atoms with Gasteiger partial charge in [0.25, 0.3) is 0 Å². The van der Waals surface area contributed by atoms with E-state index < -0.39 is 0 Å². The fourth-order valence-corrected chi connectivity index (χ4v) is 8.87. The molecule has 0 heterocycles. The Morgan fingerprint density at radius 2 is 1.75 bits per heavy atom. The molecule has 0 spiro atoms. The number of rotatable bonds is 5. The molecule has 4 aliphatic rings. The second-order valence-corrected chi connectivity index (χ2v) is 12.6. The Morgan fingerprint density at radius 3 is 2.50 bits per heavy atom. The van der Waals surface area contributed by atoms with Crippen molar-refractivity contribution < 1.29 is 0 Å². The van der Waals surface area contributed by atoms with Crippen LogP contribution in [0.25, 0.3) is 0 Å². The third-order valence-electron chi connectivity index (χ3n) is 10.6. The topological polar surface area (TPSA) is 0 Å². The maximum Gasteiger partial charge on any atom is -0.00851 e. The van der Waals surface area contributed by atoms with Crippen molar-refractivity contribution in [2.75, 3.05) is 0 Å². The van der Waals surface area contributed by atoms with E-state index in [1.54, 1.807) is 0 Å². The van der Waals surface area contributed by atoms with Crippen LogP contribution in [0, 0.1) is 52.3 Å². The number of allylic oxidation sites excluding steroid dienone is 2. The molecule has 8 atom stereocenters. The van der Waals surface area contributed by atoms with Crippen molar-refractivity contribution >= 4 is 0 Å². The zero-order valence-electron chi connectivity index (χ0n) is 19.9. The third kappa shape index (κ3) is 3.43. The molecule has 0 radical (unpaired) electrons. The van der Waals surface area contributed by atoms with Crippen LogP contribution < -0.4 is 0 Å². The number of fused-ring (bicyclic) bond motifs is 5. The Morgan fingerprint density at radius 1 is 0.964 bits per heavy atom. The Bertz CT molecular complexity index is 585. The molecule has 0 nitrogen and oxygen atoms in total. The van der Waals surface area contributed by atoms with E-state index in [9.17, 15) is 0 Å². The van der Waals surface area contributed by atoms with Gasteiger partial charge in [-0.3, -0.25) is 0 Å². The molecule has 4 aliphatic carbocycles. The first-order valence-electron chi connectivity index (χ1n) is 12.9. The van der Waals surface area contributed by atoms with Gasteiger partial charge in [-0.1, -0.05) is 72.5 Å². The van der Waals surface area contributed by atoms with Gasteiger partial charge >= 0.3 is 0 Å². The molecule has 3 saturated carbocycles. The first-order valence-corrected chi connectivity index (χ1v) is 12.9. The summed E-state index contributed by atoms with van der Waals surface area (Å²) in [4.78, 5) is 0. The predicted octanol–water partition coefficient (Wildman–Crippen LogP) is 8.66. The molecular weight excluding hydrogens is 336 g/mol. The number of hydrogen-bond acceptors (Lipinski definition) is 0. The first kappa shape index (κ1) is 21.0. The monoisotopic (exact) mass is 384 g/mol. The molecule has 160 valence electrons. The molecule has 0 aromatic heterocycles. The van der Waals surface area contributed by atoms with E-state index in [0.29, 0.717) is 10.8 Å². The van der Waals surface area contributed by atoms with E-state index in [-0.39, 0.29) is 0 Å². The largest absolute Gasteiger partial charge is 0.0845 e. The average Bonchev–Trinajstić information content (AvgIpc) is 2.99. The van der Waals surface area contributed by atoms with Crippen molar-refractivity contribution in [3.05, 3.63) is 11.6 Å². The Balaban J connectivity index is 1.49. The van der Waals surface area contributed by atoms with E-state index in [0.717, 1.165) is 41.4 Å². The van der Waals surface area contributed by atoms with Gasteiger partial charge in [0.15, 0.2) is 0 Å². The summed E-state index contributed by atoms with van der Waals surface area (Å²) in [5.74, 6) is 6.73. The quantitative estimate of drug-likeness (QED) is 0.416.